The zero-order valence-corrected chi connectivity index (χ0v) is 10.2. The molecule has 0 aromatic heterocycles. The molecule has 0 fully saturated rings. The highest BCUT2D eigenvalue weighted by Gasteiger charge is 2.04. The molecular weight excluding hydrogens is 170 g/mol. The molecule has 0 radical (unpaired) electrons. The van der Waals surface area contributed by atoms with Crippen molar-refractivity contribution in [3.8, 4) is 0 Å². The minimum absolute atomic E-state index is 0.397. The van der Waals surface area contributed by atoms with Crippen LogP contribution >= 0.6 is 15.8 Å². The summed E-state index contributed by atoms with van der Waals surface area (Å²) in [5, 5.41) is 0. The van der Waals surface area contributed by atoms with Crippen LogP contribution in [0, 0.1) is 0 Å². The van der Waals surface area contributed by atoms with E-state index in [1.165, 1.54) is 25.2 Å². The Morgan fingerprint density at radius 2 is 1.18 bits per heavy atom. The van der Waals surface area contributed by atoms with Crippen molar-refractivity contribution < 1.29 is 0 Å². The van der Waals surface area contributed by atoms with E-state index in [0.29, 0.717) is 15.8 Å². The highest BCUT2D eigenvalue weighted by molar-refractivity contribution is 7.73. The lowest BCUT2D eigenvalue weighted by Crippen LogP contribution is -1.89. The fourth-order valence-corrected chi connectivity index (χ4v) is 7.27. The van der Waals surface area contributed by atoms with Gasteiger partial charge >= 0.3 is 0 Å². The molecule has 68 valence electrons. The van der Waals surface area contributed by atoms with Crippen LogP contribution in [0.5, 0.6) is 0 Å². The summed E-state index contributed by atoms with van der Waals surface area (Å²) in [6.07, 6.45) is 5.76. The number of rotatable bonds is 6. The molecule has 0 rings (SSSR count). The summed E-state index contributed by atoms with van der Waals surface area (Å²) >= 11 is 0. The Morgan fingerprint density at radius 1 is 0.818 bits per heavy atom. The van der Waals surface area contributed by atoms with Gasteiger partial charge in [0, 0.05) is 0 Å². The molecule has 2 atom stereocenters. The minimum Gasteiger partial charge on any atom is -0.106 e. The molecule has 0 saturated heterocycles. The molecule has 0 N–H and O–H groups in total. The van der Waals surface area contributed by atoms with Crippen molar-refractivity contribution in [1.29, 1.82) is 0 Å². The van der Waals surface area contributed by atoms with Gasteiger partial charge in [-0.25, -0.2) is 0 Å². The maximum absolute atomic E-state index is 2.47. The van der Waals surface area contributed by atoms with Crippen molar-refractivity contribution >= 4 is 15.8 Å². The molecule has 0 aliphatic heterocycles. The maximum Gasteiger partial charge on any atom is -0.0125 e. The molecule has 2 unspecified atom stereocenters. The predicted molar refractivity (Wildman–Crippen MR) is 60.9 cm³/mol. The average molecular weight is 192 g/mol. The quantitative estimate of drug-likeness (QED) is 0.558. The lowest BCUT2D eigenvalue weighted by molar-refractivity contribution is 1.09. The minimum atomic E-state index is 0.397. The van der Waals surface area contributed by atoms with Crippen molar-refractivity contribution in [1.82, 2.24) is 0 Å². The predicted octanol–water partition coefficient (Wildman–Crippen LogP) is 3.99. The van der Waals surface area contributed by atoms with Gasteiger partial charge in [-0.2, -0.15) is 0 Å². The maximum atomic E-state index is 2.47. The van der Waals surface area contributed by atoms with Gasteiger partial charge in [-0.15, -0.1) is 15.8 Å². The fraction of sp³-hybridized carbons (Fsp3) is 1.00. The van der Waals surface area contributed by atoms with E-state index in [1.54, 1.807) is 5.90 Å². The van der Waals surface area contributed by atoms with E-state index in [-0.39, 0.29) is 0 Å². The van der Waals surface area contributed by atoms with Gasteiger partial charge in [0.25, 0.3) is 0 Å². The average Bonchev–Trinajstić information content (AvgIpc) is 1.87. The van der Waals surface area contributed by atoms with Crippen LogP contribution in [0.1, 0.15) is 26.7 Å². The first-order valence-electron chi connectivity index (χ1n) is 4.57. The molecule has 0 bridgehead atoms. The van der Waals surface area contributed by atoms with Crippen LogP contribution in [0.2, 0.25) is 0 Å². The number of hydrogen-bond donors (Lipinski definition) is 0. The first-order chi connectivity index (χ1) is 5.20. The van der Waals surface area contributed by atoms with Crippen molar-refractivity contribution in [2.45, 2.75) is 26.7 Å². The van der Waals surface area contributed by atoms with E-state index in [2.05, 4.69) is 27.2 Å². The highest BCUT2D eigenvalue weighted by Crippen LogP contribution is 2.46. The van der Waals surface area contributed by atoms with E-state index in [1.807, 2.05) is 0 Å². The summed E-state index contributed by atoms with van der Waals surface area (Å²) in [5.74, 6) is 1.56. The summed E-state index contributed by atoms with van der Waals surface area (Å²) in [4.78, 5) is 0. The van der Waals surface area contributed by atoms with E-state index < -0.39 is 0 Å². The Bertz CT molecular complexity index is 73.6. The molecule has 0 nitrogen and oxygen atoms in total. The van der Waals surface area contributed by atoms with Gasteiger partial charge in [-0.3, -0.25) is 0 Å². The van der Waals surface area contributed by atoms with Crippen molar-refractivity contribution in [3.63, 3.8) is 0 Å². The van der Waals surface area contributed by atoms with Gasteiger partial charge < -0.3 is 0 Å². The van der Waals surface area contributed by atoms with E-state index >= 15 is 0 Å². The van der Waals surface area contributed by atoms with Crippen molar-refractivity contribution in [2.24, 2.45) is 0 Å². The number of hydrogen-bond acceptors (Lipinski definition) is 0. The third-order valence-corrected chi connectivity index (χ3v) is 7.98. The van der Waals surface area contributed by atoms with E-state index in [0.717, 1.165) is 0 Å². The lowest BCUT2D eigenvalue weighted by atomic mass is 10.6. The van der Waals surface area contributed by atoms with Crippen molar-refractivity contribution in [2.75, 3.05) is 31.6 Å². The van der Waals surface area contributed by atoms with Crippen LogP contribution < -0.4 is 0 Å². The molecule has 0 amide bonds. The standard InChI is InChI=1S/C9H22P2/c1-5-7-10(3)9-11(4)8-6-2/h5-9H2,1-4H3. The summed E-state index contributed by atoms with van der Waals surface area (Å²) in [7, 11) is 0.794. The zero-order valence-electron chi connectivity index (χ0n) is 8.43. The van der Waals surface area contributed by atoms with Gasteiger partial charge in [0.2, 0.25) is 0 Å². The molecule has 0 aliphatic rings. The van der Waals surface area contributed by atoms with Crippen molar-refractivity contribution in [3.05, 3.63) is 0 Å². The van der Waals surface area contributed by atoms with Crippen LogP contribution in [0.4, 0.5) is 0 Å². The first kappa shape index (κ1) is 11.9. The van der Waals surface area contributed by atoms with Crippen LogP contribution in [-0.2, 0) is 0 Å². The first-order valence-corrected chi connectivity index (χ1v) is 8.89. The highest BCUT2D eigenvalue weighted by atomic mass is 31.2. The molecular formula is C9H22P2. The SMILES string of the molecule is CCCP(C)CP(C)CCC. The van der Waals surface area contributed by atoms with Crippen LogP contribution in [-0.4, -0.2) is 31.6 Å². The second-order valence-electron chi connectivity index (χ2n) is 3.30. The Morgan fingerprint density at radius 3 is 1.45 bits per heavy atom. The summed E-state index contributed by atoms with van der Waals surface area (Å²) in [6.45, 7) is 9.54. The Hall–Kier alpha value is 0.860. The molecule has 0 spiro atoms. The molecule has 0 saturated carbocycles. The van der Waals surface area contributed by atoms with Gasteiger partial charge in [-0.05, 0) is 31.6 Å². The van der Waals surface area contributed by atoms with Gasteiger partial charge in [0.05, 0.1) is 0 Å². The Balaban J connectivity index is 3.32. The van der Waals surface area contributed by atoms with Crippen LogP contribution in [0.25, 0.3) is 0 Å². The molecule has 0 aliphatic carbocycles. The normalized spacial score (nSPS) is 16.4. The van der Waals surface area contributed by atoms with Crippen LogP contribution in [0.15, 0.2) is 0 Å². The van der Waals surface area contributed by atoms with Crippen LogP contribution in [0.3, 0.4) is 0 Å². The molecule has 0 aromatic rings. The zero-order chi connectivity index (χ0) is 8.69. The largest absolute Gasteiger partial charge is 0.106 e. The Kier molecular flexibility index (Phi) is 8.09. The summed E-state index contributed by atoms with van der Waals surface area (Å²) < 4.78 is 0. The van der Waals surface area contributed by atoms with E-state index in [4.69, 9.17) is 0 Å². The van der Waals surface area contributed by atoms with E-state index in [9.17, 15) is 0 Å². The molecule has 0 heterocycles. The monoisotopic (exact) mass is 192 g/mol. The van der Waals surface area contributed by atoms with Gasteiger partial charge in [0.1, 0.15) is 0 Å². The molecule has 2 heteroatoms. The van der Waals surface area contributed by atoms with Gasteiger partial charge in [-0.1, -0.05) is 26.7 Å². The fourth-order valence-electron chi connectivity index (χ4n) is 1.32. The Labute approximate surface area is 74.7 Å². The second-order valence-corrected chi connectivity index (χ2v) is 8.75. The summed E-state index contributed by atoms with van der Waals surface area (Å²) in [6, 6.07) is 0. The topological polar surface area (TPSA) is 0 Å². The van der Waals surface area contributed by atoms with Gasteiger partial charge in [0.15, 0.2) is 0 Å². The smallest absolute Gasteiger partial charge is 0.0125 e. The lowest BCUT2D eigenvalue weighted by Gasteiger charge is -2.16. The summed E-state index contributed by atoms with van der Waals surface area (Å²) in [5.41, 5.74) is 0. The molecule has 11 heavy (non-hydrogen) atoms. The third kappa shape index (κ3) is 7.23. The third-order valence-electron chi connectivity index (χ3n) is 1.69. The second kappa shape index (κ2) is 7.51. The molecule has 0 aromatic carbocycles.